The highest BCUT2D eigenvalue weighted by Gasteiger charge is 2.18. The van der Waals surface area contributed by atoms with E-state index in [9.17, 15) is 19.2 Å². The summed E-state index contributed by atoms with van der Waals surface area (Å²) in [5.74, 6) is 0. The molecule has 4 rings (SSSR count). The maximum atomic E-state index is 12.9. The quantitative estimate of drug-likeness (QED) is 0.361. The molecule has 4 heterocycles. The van der Waals surface area contributed by atoms with E-state index >= 15 is 0 Å². The molecule has 0 aromatic carbocycles. The van der Waals surface area contributed by atoms with Gasteiger partial charge in [0.25, 0.3) is 11.1 Å². The molecule has 4 aromatic heterocycles. The Morgan fingerprint density at radius 3 is 1.90 bits per heavy atom. The summed E-state index contributed by atoms with van der Waals surface area (Å²) in [6, 6.07) is 0. The molecule has 0 atom stereocenters. The van der Waals surface area contributed by atoms with Gasteiger partial charge in [-0.15, -0.1) is 6.58 Å². The van der Waals surface area contributed by atoms with Crippen LogP contribution in [-0.2, 0) is 40.8 Å². The van der Waals surface area contributed by atoms with Crippen LogP contribution < -0.4 is 22.5 Å². The maximum absolute atomic E-state index is 12.9. The lowest BCUT2D eigenvalue weighted by molar-refractivity contribution is 0.498. The van der Waals surface area contributed by atoms with E-state index in [-0.39, 0.29) is 26.1 Å². The molecule has 0 radical (unpaired) electrons. The van der Waals surface area contributed by atoms with Gasteiger partial charge < -0.3 is 9.13 Å². The van der Waals surface area contributed by atoms with Gasteiger partial charge in [-0.1, -0.05) is 6.08 Å². The molecule has 0 aliphatic carbocycles. The van der Waals surface area contributed by atoms with E-state index in [1.54, 1.807) is 36.4 Å². The molecule has 0 spiro atoms. The second-order valence-electron chi connectivity index (χ2n) is 7.35. The highest BCUT2D eigenvalue weighted by Crippen LogP contribution is 2.06. The molecule has 12 heteroatoms. The number of aromatic nitrogens is 8. The first-order valence-corrected chi connectivity index (χ1v) is 9.64. The minimum Gasteiger partial charge on any atom is -0.328 e. The Balaban J connectivity index is 1.74. The Hall–Kier alpha value is -3.96. The van der Waals surface area contributed by atoms with Crippen LogP contribution >= 0.6 is 0 Å². The van der Waals surface area contributed by atoms with E-state index in [1.165, 1.54) is 21.8 Å². The van der Waals surface area contributed by atoms with E-state index in [0.29, 0.717) is 22.3 Å². The van der Waals surface area contributed by atoms with E-state index in [1.807, 2.05) is 0 Å². The summed E-state index contributed by atoms with van der Waals surface area (Å²) in [6.07, 6.45) is 4.73. The first-order chi connectivity index (χ1) is 14.8. The van der Waals surface area contributed by atoms with Gasteiger partial charge in [0.1, 0.15) is 0 Å². The molecule has 0 fully saturated rings. The fourth-order valence-electron chi connectivity index (χ4n) is 3.78. The van der Waals surface area contributed by atoms with Gasteiger partial charge in [0.05, 0.1) is 12.7 Å². The van der Waals surface area contributed by atoms with Crippen LogP contribution in [0.4, 0.5) is 0 Å². The predicted octanol–water partition coefficient (Wildman–Crippen LogP) is -1.08. The lowest BCUT2D eigenvalue weighted by Gasteiger charge is -2.12. The second-order valence-corrected chi connectivity index (χ2v) is 7.35. The third-order valence-corrected chi connectivity index (χ3v) is 5.36. The van der Waals surface area contributed by atoms with E-state index in [4.69, 9.17) is 0 Å². The molecular formula is C19H22N8O4. The number of allylic oxidation sites excluding steroid dienone is 1. The number of nitrogens with zero attached hydrogens (tertiary/aromatic N) is 8. The topological polar surface area (TPSA) is 124 Å². The van der Waals surface area contributed by atoms with Crippen LogP contribution in [0.3, 0.4) is 0 Å². The van der Waals surface area contributed by atoms with Gasteiger partial charge in [0.2, 0.25) is 0 Å². The number of fused-ring (bicyclic) bond motifs is 2. The molecule has 0 N–H and O–H groups in total. The Morgan fingerprint density at radius 2 is 1.32 bits per heavy atom. The van der Waals surface area contributed by atoms with Crippen LogP contribution in [0.1, 0.15) is 6.42 Å². The van der Waals surface area contributed by atoms with Gasteiger partial charge >= 0.3 is 11.4 Å². The first kappa shape index (κ1) is 20.3. The molecule has 0 aliphatic heterocycles. The molecule has 12 nitrogen and oxygen atoms in total. The Morgan fingerprint density at radius 1 is 0.806 bits per heavy atom. The number of hydrogen-bond donors (Lipinski definition) is 0. The zero-order valence-electron chi connectivity index (χ0n) is 17.5. The van der Waals surface area contributed by atoms with Crippen molar-refractivity contribution < 1.29 is 0 Å². The van der Waals surface area contributed by atoms with E-state index < -0.39 is 22.5 Å². The molecule has 0 saturated carbocycles. The zero-order valence-corrected chi connectivity index (χ0v) is 17.5. The van der Waals surface area contributed by atoms with Gasteiger partial charge in [-0.25, -0.2) is 19.6 Å². The maximum Gasteiger partial charge on any atom is 0.333 e. The van der Waals surface area contributed by atoms with Gasteiger partial charge in [-0.2, -0.15) is 0 Å². The number of aryl methyl sites for hydroxylation is 3. The molecule has 162 valence electrons. The van der Waals surface area contributed by atoms with Crippen LogP contribution in [0.2, 0.25) is 0 Å². The number of rotatable bonds is 6. The minimum atomic E-state index is -0.515. The first-order valence-electron chi connectivity index (χ1n) is 9.64. The van der Waals surface area contributed by atoms with Gasteiger partial charge in [-0.05, 0) is 6.42 Å². The van der Waals surface area contributed by atoms with Crippen molar-refractivity contribution >= 4 is 22.3 Å². The molecule has 0 bridgehead atoms. The van der Waals surface area contributed by atoms with Crippen molar-refractivity contribution in [3.05, 3.63) is 67.0 Å². The average Bonchev–Trinajstić information content (AvgIpc) is 3.31. The van der Waals surface area contributed by atoms with Gasteiger partial charge in [0, 0.05) is 40.8 Å². The zero-order chi connectivity index (χ0) is 22.4. The lowest BCUT2D eigenvalue weighted by Crippen LogP contribution is -2.42. The fraction of sp³-hybridized carbons (Fsp3) is 0.368. The largest absolute Gasteiger partial charge is 0.333 e. The SMILES string of the molecule is C=CCn1c(=O)n(CCCn2c(=O)c3c(ncn3C)n(C)c2=O)c(=O)c2c1ncn2C. The molecule has 4 aromatic rings. The standard InChI is InChI=1S/C19H22N8O4/c1-5-7-25-15-13(23(3)11-21-15)17(29)27(19(25)31)9-6-8-26-16(28)12-14(20-10-22(12)2)24(4)18(26)30/h5,10-11H,1,6-9H2,2-4H3. The van der Waals surface area contributed by atoms with Gasteiger partial charge in [0.15, 0.2) is 22.3 Å². The number of imidazole rings is 2. The summed E-state index contributed by atoms with van der Waals surface area (Å²) in [5, 5.41) is 0. The summed E-state index contributed by atoms with van der Waals surface area (Å²) in [6.45, 7) is 3.94. The lowest BCUT2D eigenvalue weighted by atomic mass is 10.3. The third kappa shape index (κ3) is 2.98. The summed E-state index contributed by atoms with van der Waals surface area (Å²) >= 11 is 0. The highest BCUT2D eigenvalue weighted by atomic mass is 16.2. The monoisotopic (exact) mass is 426 g/mol. The fourth-order valence-corrected chi connectivity index (χ4v) is 3.78. The molecule has 31 heavy (non-hydrogen) atoms. The second kappa shape index (κ2) is 7.38. The van der Waals surface area contributed by atoms with Crippen LogP contribution in [-0.4, -0.2) is 37.4 Å². The minimum absolute atomic E-state index is 0.0367. The van der Waals surface area contributed by atoms with E-state index in [0.717, 1.165) is 9.13 Å². The third-order valence-electron chi connectivity index (χ3n) is 5.36. The van der Waals surface area contributed by atoms with Gasteiger partial charge in [-0.3, -0.25) is 27.9 Å². The van der Waals surface area contributed by atoms with Crippen molar-refractivity contribution in [2.75, 3.05) is 0 Å². The summed E-state index contributed by atoms with van der Waals surface area (Å²) in [4.78, 5) is 59.5. The van der Waals surface area contributed by atoms with Crippen LogP contribution in [0.15, 0.2) is 44.5 Å². The predicted molar refractivity (Wildman–Crippen MR) is 114 cm³/mol. The Labute approximate surface area is 174 Å². The molecular weight excluding hydrogens is 404 g/mol. The van der Waals surface area contributed by atoms with Crippen molar-refractivity contribution in [3.63, 3.8) is 0 Å². The highest BCUT2D eigenvalue weighted by molar-refractivity contribution is 5.70. The van der Waals surface area contributed by atoms with Crippen molar-refractivity contribution in [1.82, 2.24) is 37.4 Å². The summed E-state index contributed by atoms with van der Waals surface area (Å²) < 4.78 is 8.00. The van der Waals surface area contributed by atoms with Crippen molar-refractivity contribution in [3.8, 4) is 0 Å². The Kier molecular flexibility index (Phi) is 4.84. The summed E-state index contributed by atoms with van der Waals surface area (Å²) in [7, 11) is 4.90. The molecule has 0 aliphatic rings. The molecule has 0 unspecified atom stereocenters. The average molecular weight is 426 g/mol. The van der Waals surface area contributed by atoms with E-state index in [2.05, 4.69) is 16.5 Å². The van der Waals surface area contributed by atoms with Crippen molar-refractivity contribution in [1.29, 1.82) is 0 Å². The van der Waals surface area contributed by atoms with Crippen molar-refractivity contribution in [2.24, 2.45) is 21.1 Å². The normalized spacial score (nSPS) is 11.6. The van der Waals surface area contributed by atoms with Crippen LogP contribution in [0.5, 0.6) is 0 Å². The molecule has 0 amide bonds. The van der Waals surface area contributed by atoms with Crippen LogP contribution in [0.25, 0.3) is 22.3 Å². The summed E-state index contributed by atoms with van der Waals surface area (Å²) in [5.41, 5.74) is -0.749. The van der Waals surface area contributed by atoms with Crippen molar-refractivity contribution in [2.45, 2.75) is 26.1 Å². The molecule has 0 saturated heterocycles. The smallest absolute Gasteiger partial charge is 0.328 e. The number of hydrogen-bond acceptors (Lipinski definition) is 6. The Bertz CT molecular complexity index is 1570. The van der Waals surface area contributed by atoms with Crippen LogP contribution in [0, 0.1) is 0 Å².